The Hall–Kier alpha value is -1.30. The highest BCUT2D eigenvalue weighted by atomic mass is 127. The van der Waals surface area contributed by atoms with Crippen LogP contribution in [-0.4, -0.2) is 35.7 Å². The van der Waals surface area contributed by atoms with E-state index in [0.717, 1.165) is 12.4 Å². The Labute approximate surface area is 137 Å². The average Bonchev–Trinajstić information content (AvgIpc) is 2.85. The van der Waals surface area contributed by atoms with Gasteiger partial charge >= 0.3 is 0 Å². The fourth-order valence-corrected chi connectivity index (χ4v) is 1.34. The van der Waals surface area contributed by atoms with Crippen LogP contribution < -0.4 is 10.6 Å². The summed E-state index contributed by atoms with van der Waals surface area (Å²) in [5, 5.41) is 10.0. The summed E-state index contributed by atoms with van der Waals surface area (Å²) in [6, 6.07) is 0. The van der Waals surface area contributed by atoms with Crippen molar-refractivity contribution in [1.29, 1.82) is 0 Å². The van der Waals surface area contributed by atoms with E-state index >= 15 is 0 Å². The molecule has 0 unspecified atom stereocenters. The number of nitrogens with one attached hydrogen (secondary N) is 2. The molecule has 0 spiro atoms. The molecule has 6 nitrogen and oxygen atoms in total. The van der Waals surface area contributed by atoms with Crippen LogP contribution in [0.3, 0.4) is 0 Å². The summed E-state index contributed by atoms with van der Waals surface area (Å²) in [4.78, 5) is 8.67. The van der Waals surface area contributed by atoms with Crippen LogP contribution >= 0.6 is 24.0 Å². The van der Waals surface area contributed by atoms with Gasteiger partial charge in [0.2, 0.25) is 5.89 Å². The third-order valence-corrected chi connectivity index (χ3v) is 2.30. The lowest BCUT2D eigenvalue weighted by molar-refractivity contribution is 0.372. The quantitative estimate of drug-likeness (QED) is 0.333. The summed E-state index contributed by atoms with van der Waals surface area (Å²) in [6.07, 6.45) is 5.81. The van der Waals surface area contributed by atoms with Gasteiger partial charge in [0.15, 0.2) is 11.8 Å². The van der Waals surface area contributed by atoms with Crippen LogP contribution in [0.5, 0.6) is 0 Å². The van der Waals surface area contributed by atoms with Gasteiger partial charge in [0.25, 0.3) is 0 Å². The molecule has 0 saturated heterocycles. The Bertz CT molecular complexity index is 450. The second kappa shape index (κ2) is 10.5. The molecular weight excluding hydrogens is 369 g/mol. The number of aromatic nitrogens is 2. The number of aliphatic imine (C=N–C) groups is 1. The summed E-state index contributed by atoms with van der Waals surface area (Å²) in [6.45, 7) is 7.86. The summed E-state index contributed by atoms with van der Waals surface area (Å²) in [5.74, 6) is 4.82. The van der Waals surface area contributed by atoms with E-state index in [0.29, 0.717) is 31.4 Å². The molecular formula is C13H22IN5O. The third-order valence-electron chi connectivity index (χ3n) is 2.30. The molecule has 1 aromatic rings. The predicted octanol–water partition coefficient (Wildman–Crippen LogP) is 1.54. The van der Waals surface area contributed by atoms with Crippen LogP contribution in [0.15, 0.2) is 9.52 Å². The minimum absolute atomic E-state index is 0. The molecule has 0 atom stereocenters. The molecule has 0 saturated carbocycles. The predicted molar refractivity (Wildman–Crippen MR) is 90.3 cm³/mol. The van der Waals surface area contributed by atoms with Gasteiger partial charge in [0.1, 0.15) is 0 Å². The zero-order chi connectivity index (χ0) is 14.1. The third kappa shape index (κ3) is 6.75. The summed E-state index contributed by atoms with van der Waals surface area (Å²) < 4.78 is 5.15. The van der Waals surface area contributed by atoms with Gasteiger partial charge in [-0.2, -0.15) is 4.98 Å². The molecule has 0 fully saturated rings. The largest absolute Gasteiger partial charge is 0.357 e. The maximum atomic E-state index is 5.20. The Kier molecular flexibility index (Phi) is 9.80. The Morgan fingerprint density at radius 2 is 2.20 bits per heavy atom. The highest BCUT2D eigenvalue weighted by Crippen LogP contribution is 2.09. The summed E-state index contributed by atoms with van der Waals surface area (Å²) in [7, 11) is 0. The van der Waals surface area contributed by atoms with E-state index in [-0.39, 0.29) is 29.9 Å². The van der Waals surface area contributed by atoms with Gasteiger partial charge in [-0.1, -0.05) is 24.9 Å². The average molecular weight is 391 g/mol. The van der Waals surface area contributed by atoms with E-state index in [9.17, 15) is 0 Å². The number of hydrogen-bond acceptors (Lipinski definition) is 4. The molecule has 0 aromatic carbocycles. The molecule has 0 bridgehead atoms. The van der Waals surface area contributed by atoms with Crippen molar-refractivity contribution in [1.82, 2.24) is 20.8 Å². The molecule has 0 aliphatic carbocycles. The van der Waals surface area contributed by atoms with Gasteiger partial charge in [-0.15, -0.1) is 30.4 Å². The first-order valence-electron chi connectivity index (χ1n) is 6.45. The lowest BCUT2D eigenvalue weighted by Gasteiger charge is -2.07. The smallest absolute Gasteiger partial charge is 0.228 e. The van der Waals surface area contributed by atoms with Crippen molar-refractivity contribution in [3.63, 3.8) is 0 Å². The Morgan fingerprint density at radius 1 is 1.45 bits per heavy atom. The van der Waals surface area contributed by atoms with Crippen molar-refractivity contribution in [3.05, 3.63) is 11.7 Å². The van der Waals surface area contributed by atoms with E-state index in [2.05, 4.69) is 31.7 Å². The van der Waals surface area contributed by atoms with Crippen molar-refractivity contribution in [2.45, 2.75) is 33.1 Å². The molecule has 1 heterocycles. The highest BCUT2D eigenvalue weighted by Gasteiger charge is 2.08. The number of nitrogens with zero attached hydrogens (tertiary/aromatic N) is 3. The van der Waals surface area contributed by atoms with Crippen molar-refractivity contribution < 1.29 is 4.52 Å². The Balaban J connectivity index is 0.00000361. The van der Waals surface area contributed by atoms with Crippen LogP contribution in [-0.2, 0) is 6.42 Å². The molecule has 0 amide bonds. The van der Waals surface area contributed by atoms with E-state index in [4.69, 9.17) is 10.9 Å². The van der Waals surface area contributed by atoms with Crippen LogP contribution in [0.2, 0.25) is 0 Å². The van der Waals surface area contributed by atoms with Crippen LogP contribution in [0.4, 0.5) is 0 Å². The second-order valence-electron chi connectivity index (χ2n) is 4.27. The second-order valence-corrected chi connectivity index (χ2v) is 4.27. The molecule has 0 radical (unpaired) electrons. The lowest BCUT2D eigenvalue weighted by atomic mass is 10.2. The number of hydrogen-bond donors (Lipinski definition) is 2. The molecule has 0 aliphatic rings. The first-order chi connectivity index (χ1) is 9.17. The zero-order valence-corrected chi connectivity index (χ0v) is 14.5. The van der Waals surface area contributed by atoms with E-state index in [1.807, 2.05) is 20.8 Å². The fourth-order valence-electron chi connectivity index (χ4n) is 1.34. The highest BCUT2D eigenvalue weighted by molar-refractivity contribution is 14.0. The van der Waals surface area contributed by atoms with Gasteiger partial charge in [-0.25, -0.2) is 0 Å². The topological polar surface area (TPSA) is 75.3 Å². The number of terminal acetylenes is 1. The first-order valence-corrected chi connectivity index (χ1v) is 6.45. The van der Waals surface area contributed by atoms with E-state index < -0.39 is 0 Å². The van der Waals surface area contributed by atoms with Crippen molar-refractivity contribution in [2.24, 2.45) is 4.99 Å². The number of halogens is 1. The summed E-state index contributed by atoms with van der Waals surface area (Å²) >= 11 is 0. The summed E-state index contributed by atoms with van der Waals surface area (Å²) in [5.41, 5.74) is 0. The lowest BCUT2D eigenvalue weighted by Crippen LogP contribution is -2.37. The number of rotatable bonds is 6. The molecule has 1 rings (SSSR count). The first kappa shape index (κ1) is 18.7. The van der Waals surface area contributed by atoms with E-state index in [1.54, 1.807) is 0 Å². The minimum atomic E-state index is 0. The van der Waals surface area contributed by atoms with Gasteiger partial charge in [0.05, 0.1) is 13.1 Å². The van der Waals surface area contributed by atoms with Gasteiger partial charge in [-0.05, 0) is 6.92 Å². The SMILES string of the molecule is C#CCNC(=NCCc1nc(C(C)C)no1)NCC.I. The van der Waals surface area contributed by atoms with Gasteiger partial charge in [-0.3, -0.25) is 4.99 Å². The molecule has 2 N–H and O–H groups in total. The van der Waals surface area contributed by atoms with Crippen molar-refractivity contribution in [3.8, 4) is 12.3 Å². The van der Waals surface area contributed by atoms with Gasteiger partial charge < -0.3 is 15.2 Å². The molecule has 1 aromatic heterocycles. The normalized spacial score (nSPS) is 10.8. The monoisotopic (exact) mass is 391 g/mol. The Morgan fingerprint density at radius 3 is 2.75 bits per heavy atom. The van der Waals surface area contributed by atoms with Crippen LogP contribution in [0.1, 0.15) is 38.4 Å². The maximum Gasteiger partial charge on any atom is 0.228 e. The zero-order valence-electron chi connectivity index (χ0n) is 12.1. The fraction of sp³-hybridized carbons (Fsp3) is 0.615. The molecule has 0 aliphatic heterocycles. The van der Waals surface area contributed by atoms with Crippen LogP contribution in [0, 0.1) is 12.3 Å². The molecule has 7 heteroatoms. The number of guanidine groups is 1. The minimum Gasteiger partial charge on any atom is -0.357 e. The molecule has 112 valence electrons. The van der Waals surface area contributed by atoms with Crippen LogP contribution in [0.25, 0.3) is 0 Å². The van der Waals surface area contributed by atoms with Crippen molar-refractivity contribution in [2.75, 3.05) is 19.6 Å². The standard InChI is InChI=1S/C13H21N5O.HI/c1-5-8-15-13(14-6-2)16-9-7-11-17-12(10(3)4)18-19-11;/h1,10H,6-9H2,2-4H3,(H2,14,15,16);1H. The van der Waals surface area contributed by atoms with Crippen molar-refractivity contribution >= 4 is 29.9 Å². The molecule has 20 heavy (non-hydrogen) atoms. The van der Waals surface area contributed by atoms with E-state index in [1.165, 1.54) is 0 Å². The maximum absolute atomic E-state index is 5.20. The van der Waals surface area contributed by atoms with Gasteiger partial charge in [0, 0.05) is 18.9 Å².